The lowest BCUT2D eigenvalue weighted by Gasteiger charge is -2.05. The van der Waals surface area contributed by atoms with Gasteiger partial charge in [-0.1, -0.05) is 0 Å². The number of hydrogen-bond acceptors (Lipinski definition) is 3. The Hall–Kier alpha value is -1.16. The predicted octanol–water partition coefficient (Wildman–Crippen LogP) is 1.03. The van der Waals surface area contributed by atoms with Gasteiger partial charge in [-0.15, -0.1) is 0 Å². The summed E-state index contributed by atoms with van der Waals surface area (Å²) < 4.78 is 6.99. The Morgan fingerprint density at radius 3 is 3.21 bits per heavy atom. The van der Waals surface area contributed by atoms with Crippen molar-refractivity contribution in [3.8, 4) is 0 Å². The first-order chi connectivity index (χ1) is 6.77. The van der Waals surface area contributed by atoms with E-state index >= 15 is 0 Å². The third kappa shape index (κ3) is 1.85. The number of ether oxygens (including phenoxy) is 1. The number of carbonyl (C=O) groups excluding carboxylic acids is 1. The number of nitrogens with zero attached hydrogens (tertiary/aromatic N) is 2. The Balaban J connectivity index is 1.98. The van der Waals surface area contributed by atoms with Crippen molar-refractivity contribution < 1.29 is 9.53 Å². The fourth-order valence-electron chi connectivity index (χ4n) is 1.73. The first kappa shape index (κ1) is 9.40. The van der Waals surface area contributed by atoms with Crippen molar-refractivity contribution in [2.75, 3.05) is 13.2 Å². The maximum absolute atomic E-state index is 11.7. The Morgan fingerprint density at radius 2 is 2.64 bits per heavy atom. The Bertz CT molecular complexity index is 327. The van der Waals surface area contributed by atoms with Crippen molar-refractivity contribution >= 4 is 5.78 Å². The van der Waals surface area contributed by atoms with Gasteiger partial charge in [-0.3, -0.25) is 4.79 Å². The van der Waals surface area contributed by atoms with Crippen molar-refractivity contribution in [1.29, 1.82) is 0 Å². The highest BCUT2D eigenvalue weighted by Crippen LogP contribution is 2.18. The summed E-state index contributed by atoms with van der Waals surface area (Å²) in [6, 6.07) is 0. The molecule has 0 amide bonds. The molecule has 0 spiro atoms. The molecule has 4 nitrogen and oxygen atoms in total. The summed E-state index contributed by atoms with van der Waals surface area (Å²) in [6.45, 7) is 1.51. The van der Waals surface area contributed by atoms with Crippen molar-refractivity contribution in [3.05, 3.63) is 18.2 Å². The molecule has 14 heavy (non-hydrogen) atoms. The highest BCUT2D eigenvalue weighted by molar-refractivity contribution is 5.92. The van der Waals surface area contributed by atoms with Crippen molar-refractivity contribution in [2.24, 2.45) is 13.0 Å². The van der Waals surface area contributed by atoms with Crippen LogP contribution in [0.15, 0.2) is 12.4 Å². The molecule has 4 heteroatoms. The normalized spacial score (nSPS) is 21.4. The Morgan fingerprint density at radius 1 is 1.79 bits per heavy atom. The molecule has 0 N–H and O–H groups in total. The fraction of sp³-hybridized carbons (Fsp3) is 0.600. The molecule has 0 bridgehead atoms. The van der Waals surface area contributed by atoms with Crippen LogP contribution in [0.25, 0.3) is 0 Å². The molecule has 0 aliphatic carbocycles. The van der Waals surface area contributed by atoms with Crippen LogP contribution >= 0.6 is 0 Å². The lowest BCUT2D eigenvalue weighted by molar-refractivity contribution is 0.0939. The third-order valence-electron chi connectivity index (χ3n) is 2.57. The number of ketones is 1. The van der Waals surface area contributed by atoms with E-state index in [4.69, 9.17) is 4.74 Å². The van der Waals surface area contributed by atoms with Crippen LogP contribution in [-0.2, 0) is 11.8 Å². The van der Waals surface area contributed by atoms with Gasteiger partial charge in [-0.2, -0.15) is 0 Å². The SMILES string of the molecule is Cn1ccnc1C(=O)CC1CCOC1. The molecule has 0 aromatic carbocycles. The quantitative estimate of drug-likeness (QED) is 0.675. The molecule has 1 unspecified atom stereocenters. The third-order valence-corrected chi connectivity index (χ3v) is 2.57. The minimum atomic E-state index is 0.119. The number of aromatic nitrogens is 2. The second kappa shape index (κ2) is 3.92. The summed E-state index contributed by atoms with van der Waals surface area (Å²) in [5, 5.41) is 0. The summed E-state index contributed by atoms with van der Waals surface area (Å²) in [4.78, 5) is 15.8. The predicted molar refractivity (Wildman–Crippen MR) is 51.1 cm³/mol. The molecule has 1 aliphatic rings. The van der Waals surface area contributed by atoms with E-state index in [-0.39, 0.29) is 5.78 Å². The van der Waals surface area contributed by atoms with Gasteiger partial charge in [0, 0.05) is 39.1 Å². The van der Waals surface area contributed by atoms with Gasteiger partial charge in [-0.25, -0.2) is 4.98 Å². The van der Waals surface area contributed by atoms with E-state index in [1.807, 2.05) is 7.05 Å². The Labute approximate surface area is 82.9 Å². The highest BCUT2D eigenvalue weighted by Gasteiger charge is 2.21. The number of rotatable bonds is 3. The van der Waals surface area contributed by atoms with E-state index in [1.165, 1.54) is 0 Å². The van der Waals surface area contributed by atoms with Crippen LogP contribution in [0.4, 0.5) is 0 Å². The van der Waals surface area contributed by atoms with Gasteiger partial charge in [-0.05, 0) is 12.3 Å². The first-order valence-corrected chi connectivity index (χ1v) is 4.85. The van der Waals surface area contributed by atoms with Crippen LogP contribution in [0, 0.1) is 5.92 Å². The van der Waals surface area contributed by atoms with Crippen LogP contribution in [-0.4, -0.2) is 28.5 Å². The second-order valence-corrected chi connectivity index (χ2v) is 3.72. The van der Waals surface area contributed by atoms with E-state index in [0.717, 1.165) is 19.6 Å². The zero-order valence-corrected chi connectivity index (χ0v) is 8.27. The van der Waals surface area contributed by atoms with E-state index in [0.29, 0.717) is 18.2 Å². The first-order valence-electron chi connectivity index (χ1n) is 4.85. The molecule has 1 aliphatic heterocycles. The zero-order valence-electron chi connectivity index (χ0n) is 8.27. The van der Waals surface area contributed by atoms with Gasteiger partial charge >= 0.3 is 0 Å². The molecule has 1 fully saturated rings. The van der Waals surface area contributed by atoms with Crippen molar-refractivity contribution in [1.82, 2.24) is 9.55 Å². The summed E-state index contributed by atoms with van der Waals surface area (Å²) in [7, 11) is 1.84. The van der Waals surface area contributed by atoms with Crippen molar-refractivity contribution in [3.63, 3.8) is 0 Å². The summed E-state index contributed by atoms with van der Waals surface area (Å²) >= 11 is 0. The average Bonchev–Trinajstić information content (AvgIpc) is 2.75. The van der Waals surface area contributed by atoms with Crippen LogP contribution < -0.4 is 0 Å². The molecule has 0 saturated carbocycles. The molecule has 1 atom stereocenters. The molecule has 1 aromatic rings. The molecule has 2 heterocycles. The van der Waals surface area contributed by atoms with E-state index in [9.17, 15) is 4.79 Å². The lowest BCUT2D eigenvalue weighted by Crippen LogP contribution is -2.12. The molecule has 76 valence electrons. The second-order valence-electron chi connectivity index (χ2n) is 3.72. The molecular formula is C10H14N2O2. The number of carbonyl (C=O) groups is 1. The molecule has 0 radical (unpaired) electrons. The molecule has 1 aromatic heterocycles. The van der Waals surface area contributed by atoms with Gasteiger partial charge in [0.1, 0.15) is 0 Å². The smallest absolute Gasteiger partial charge is 0.198 e. The van der Waals surface area contributed by atoms with Crippen LogP contribution in [0.3, 0.4) is 0 Å². The van der Waals surface area contributed by atoms with Crippen LogP contribution in [0.2, 0.25) is 0 Å². The topological polar surface area (TPSA) is 44.1 Å². The van der Waals surface area contributed by atoms with Gasteiger partial charge in [0.15, 0.2) is 11.6 Å². The van der Waals surface area contributed by atoms with Crippen LogP contribution in [0.1, 0.15) is 23.5 Å². The number of aryl methyl sites for hydroxylation is 1. The molecule has 2 rings (SSSR count). The van der Waals surface area contributed by atoms with Gasteiger partial charge in [0.25, 0.3) is 0 Å². The van der Waals surface area contributed by atoms with E-state index < -0.39 is 0 Å². The van der Waals surface area contributed by atoms with Crippen LogP contribution in [0.5, 0.6) is 0 Å². The molecule has 1 saturated heterocycles. The van der Waals surface area contributed by atoms with E-state index in [1.54, 1.807) is 17.0 Å². The molecular weight excluding hydrogens is 180 g/mol. The summed E-state index contributed by atoms with van der Waals surface area (Å²) in [6.07, 6.45) is 5.00. The average molecular weight is 194 g/mol. The van der Waals surface area contributed by atoms with Gasteiger partial charge in [0.05, 0.1) is 0 Å². The number of imidazole rings is 1. The maximum atomic E-state index is 11.7. The minimum Gasteiger partial charge on any atom is -0.381 e. The summed E-state index contributed by atoms with van der Waals surface area (Å²) in [5.74, 6) is 1.06. The van der Waals surface area contributed by atoms with Crippen molar-refractivity contribution in [2.45, 2.75) is 12.8 Å². The minimum absolute atomic E-state index is 0.119. The highest BCUT2D eigenvalue weighted by atomic mass is 16.5. The monoisotopic (exact) mass is 194 g/mol. The fourth-order valence-corrected chi connectivity index (χ4v) is 1.73. The number of Topliss-reactive ketones (excluding diaryl/α,β-unsaturated/α-hetero) is 1. The zero-order chi connectivity index (χ0) is 9.97. The lowest BCUT2D eigenvalue weighted by atomic mass is 10.0. The maximum Gasteiger partial charge on any atom is 0.198 e. The standard InChI is InChI=1S/C10H14N2O2/c1-12-4-3-11-10(12)9(13)6-8-2-5-14-7-8/h3-4,8H,2,5-7H2,1H3. The largest absolute Gasteiger partial charge is 0.381 e. The Kier molecular flexibility index (Phi) is 2.63. The van der Waals surface area contributed by atoms with Gasteiger partial charge < -0.3 is 9.30 Å². The number of hydrogen-bond donors (Lipinski definition) is 0. The van der Waals surface area contributed by atoms with Gasteiger partial charge in [0.2, 0.25) is 0 Å². The summed E-state index contributed by atoms with van der Waals surface area (Å²) in [5.41, 5.74) is 0. The van der Waals surface area contributed by atoms with E-state index in [2.05, 4.69) is 4.98 Å².